The van der Waals surface area contributed by atoms with Crippen LogP contribution in [0, 0.1) is 11.3 Å². The molecule has 0 saturated carbocycles. The number of nitrogens with one attached hydrogen (secondary N) is 1. The number of esters is 1. The molecule has 1 amide bonds. The summed E-state index contributed by atoms with van der Waals surface area (Å²) in [5.41, 5.74) is 1.73. The highest BCUT2D eigenvalue weighted by atomic mass is 79.9. The van der Waals surface area contributed by atoms with Crippen LogP contribution in [-0.2, 0) is 16.0 Å². The summed E-state index contributed by atoms with van der Waals surface area (Å²) in [4.78, 5) is 24.3. The van der Waals surface area contributed by atoms with Gasteiger partial charge in [-0.25, -0.2) is 4.79 Å². The number of methoxy groups -OCH3 is 1. The SMILES string of the molecule is COC(=O)[C@H](Cc1ccc(Br)cc1)NC(=O)c1ccc(C#N)cc1. The Bertz CT molecular complexity index is 764. The molecule has 0 aromatic heterocycles. The van der Waals surface area contributed by atoms with Crippen molar-refractivity contribution in [2.24, 2.45) is 0 Å². The quantitative estimate of drug-likeness (QED) is 0.801. The molecular weight excluding hydrogens is 372 g/mol. The maximum Gasteiger partial charge on any atom is 0.328 e. The fourth-order valence-electron chi connectivity index (χ4n) is 2.13. The molecule has 0 unspecified atom stereocenters. The van der Waals surface area contributed by atoms with Gasteiger partial charge in [-0.15, -0.1) is 0 Å². The molecule has 24 heavy (non-hydrogen) atoms. The molecule has 0 heterocycles. The zero-order valence-corrected chi connectivity index (χ0v) is 14.5. The summed E-state index contributed by atoms with van der Waals surface area (Å²) >= 11 is 3.35. The summed E-state index contributed by atoms with van der Waals surface area (Å²) in [6.07, 6.45) is 0.321. The van der Waals surface area contributed by atoms with E-state index in [0.29, 0.717) is 17.5 Å². The van der Waals surface area contributed by atoms with Crippen molar-refractivity contribution in [1.82, 2.24) is 5.32 Å². The predicted octanol–water partition coefficient (Wildman–Crippen LogP) is 2.83. The van der Waals surface area contributed by atoms with E-state index in [-0.39, 0.29) is 0 Å². The summed E-state index contributed by atoms with van der Waals surface area (Å²) in [5, 5.41) is 11.5. The number of amides is 1. The second-order valence-electron chi connectivity index (χ2n) is 5.07. The fourth-order valence-corrected chi connectivity index (χ4v) is 2.39. The minimum Gasteiger partial charge on any atom is -0.467 e. The van der Waals surface area contributed by atoms with Gasteiger partial charge in [0.1, 0.15) is 6.04 Å². The summed E-state index contributed by atoms with van der Waals surface area (Å²) < 4.78 is 5.71. The third-order valence-electron chi connectivity index (χ3n) is 3.42. The molecule has 1 atom stereocenters. The molecule has 2 aromatic carbocycles. The van der Waals surface area contributed by atoms with Crippen LogP contribution < -0.4 is 5.32 Å². The third kappa shape index (κ3) is 4.67. The van der Waals surface area contributed by atoms with Gasteiger partial charge >= 0.3 is 5.97 Å². The number of rotatable bonds is 5. The maximum absolute atomic E-state index is 12.3. The molecule has 0 spiro atoms. The Balaban J connectivity index is 2.12. The van der Waals surface area contributed by atoms with Gasteiger partial charge in [-0.1, -0.05) is 28.1 Å². The first-order valence-electron chi connectivity index (χ1n) is 7.17. The first-order chi connectivity index (χ1) is 11.5. The van der Waals surface area contributed by atoms with Crippen molar-refractivity contribution in [2.45, 2.75) is 12.5 Å². The molecule has 0 aliphatic carbocycles. The number of carbonyl (C=O) groups excluding carboxylic acids is 2. The lowest BCUT2D eigenvalue weighted by Gasteiger charge is -2.17. The number of benzene rings is 2. The zero-order valence-electron chi connectivity index (χ0n) is 13.0. The number of carbonyl (C=O) groups is 2. The average molecular weight is 387 g/mol. The van der Waals surface area contributed by atoms with Gasteiger partial charge < -0.3 is 10.1 Å². The molecule has 2 aromatic rings. The number of hydrogen-bond acceptors (Lipinski definition) is 4. The molecule has 0 aliphatic heterocycles. The Morgan fingerprint density at radius 3 is 2.33 bits per heavy atom. The largest absolute Gasteiger partial charge is 0.467 e. The smallest absolute Gasteiger partial charge is 0.328 e. The van der Waals surface area contributed by atoms with Crippen molar-refractivity contribution < 1.29 is 14.3 Å². The Morgan fingerprint density at radius 2 is 1.79 bits per heavy atom. The lowest BCUT2D eigenvalue weighted by Crippen LogP contribution is -2.43. The van der Waals surface area contributed by atoms with E-state index < -0.39 is 17.9 Å². The first-order valence-corrected chi connectivity index (χ1v) is 7.96. The van der Waals surface area contributed by atoms with E-state index in [4.69, 9.17) is 10.00 Å². The zero-order chi connectivity index (χ0) is 17.5. The van der Waals surface area contributed by atoms with E-state index in [1.807, 2.05) is 30.3 Å². The molecule has 122 valence electrons. The molecule has 5 nitrogen and oxygen atoms in total. The van der Waals surface area contributed by atoms with Crippen LogP contribution in [0.4, 0.5) is 0 Å². The highest BCUT2D eigenvalue weighted by molar-refractivity contribution is 9.10. The van der Waals surface area contributed by atoms with E-state index in [1.165, 1.54) is 7.11 Å². The van der Waals surface area contributed by atoms with Gasteiger partial charge in [0.15, 0.2) is 0 Å². The Morgan fingerprint density at radius 1 is 1.17 bits per heavy atom. The minimum absolute atomic E-state index is 0.321. The van der Waals surface area contributed by atoms with Crippen molar-refractivity contribution in [3.8, 4) is 6.07 Å². The molecule has 0 fully saturated rings. The van der Waals surface area contributed by atoms with Crippen LogP contribution in [0.25, 0.3) is 0 Å². The van der Waals surface area contributed by atoms with Crippen molar-refractivity contribution in [3.63, 3.8) is 0 Å². The minimum atomic E-state index is -0.792. The van der Waals surface area contributed by atoms with Crippen LogP contribution in [-0.4, -0.2) is 25.0 Å². The third-order valence-corrected chi connectivity index (χ3v) is 3.95. The van der Waals surface area contributed by atoms with Crippen molar-refractivity contribution in [3.05, 3.63) is 69.7 Å². The average Bonchev–Trinajstić information content (AvgIpc) is 2.62. The second-order valence-corrected chi connectivity index (χ2v) is 5.98. The van der Waals surface area contributed by atoms with E-state index in [0.717, 1.165) is 10.0 Å². The molecule has 6 heteroatoms. The molecule has 0 aliphatic rings. The van der Waals surface area contributed by atoms with Gasteiger partial charge in [-0.3, -0.25) is 4.79 Å². The van der Waals surface area contributed by atoms with Crippen LogP contribution in [0.15, 0.2) is 53.0 Å². The van der Waals surface area contributed by atoms with Gasteiger partial charge in [0.05, 0.1) is 18.7 Å². The summed E-state index contributed by atoms with van der Waals surface area (Å²) in [6, 6.07) is 14.9. The van der Waals surface area contributed by atoms with Crippen molar-refractivity contribution >= 4 is 27.8 Å². The van der Waals surface area contributed by atoms with Crippen LogP contribution in [0.5, 0.6) is 0 Å². The lowest BCUT2D eigenvalue weighted by molar-refractivity contribution is -0.142. The van der Waals surface area contributed by atoms with Crippen LogP contribution in [0.2, 0.25) is 0 Å². The van der Waals surface area contributed by atoms with Crippen molar-refractivity contribution in [2.75, 3.05) is 7.11 Å². The van der Waals surface area contributed by atoms with Gasteiger partial charge in [0, 0.05) is 16.5 Å². The van der Waals surface area contributed by atoms with Crippen LogP contribution in [0.3, 0.4) is 0 Å². The maximum atomic E-state index is 12.3. The standard InChI is InChI=1S/C18H15BrN2O3/c1-24-18(23)16(10-12-4-8-15(19)9-5-12)21-17(22)14-6-2-13(11-20)3-7-14/h2-9,16H,10H2,1H3,(H,21,22)/t16-/m0/s1. The van der Waals surface area contributed by atoms with Gasteiger partial charge in [-0.05, 0) is 42.0 Å². The predicted molar refractivity (Wildman–Crippen MR) is 92.3 cm³/mol. The normalized spacial score (nSPS) is 11.2. The lowest BCUT2D eigenvalue weighted by atomic mass is 10.1. The number of nitriles is 1. The number of halogens is 1. The Kier molecular flexibility index (Phi) is 6.10. The highest BCUT2D eigenvalue weighted by Crippen LogP contribution is 2.13. The highest BCUT2D eigenvalue weighted by Gasteiger charge is 2.22. The fraction of sp³-hybridized carbons (Fsp3) is 0.167. The first kappa shape index (κ1) is 17.7. The number of ether oxygens (including phenoxy) is 1. The molecule has 2 rings (SSSR count). The van der Waals surface area contributed by atoms with E-state index in [1.54, 1.807) is 24.3 Å². The van der Waals surface area contributed by atoms with E-state index >= 15 is 0 Å². The monoisotopic (exact) mass is 386 g/mol. The van der Waals surface area contributed by atoms with E-state index in [2.05, 4.69) is 21.2 Å². The molecule has 0 bridgehead atoms. The van der Waals surface area contributed by atoms with Gasteiger partial charge in [-0.2, -0.15) is 5.26 Å². The topological polar surface area (TPSA) is 79.2 Å². The summed E-state index contributed by atoms with van der Waals surface area (Å²) in [5.74, 6) is -0.910. The van der Waals surface area contributed by atoms with Crippen LogP contribution in [0.1, 0.15) is 21.5 Å². The molecular formula is C18H15BrN2O3. The summed E-state index contributed by atoms with van der Waals surface area (Å²) in [7, 11) is 1.28. The van der Waals surface area contributed by atoms with Gasteiger partial charge in [0.25, 0.3) is 5.91 Å². The molecule has 1 N–H and O–H groups in total. The Labute approximate surface area is 148 Å². The van der Waals surface area contributed by atoms with Crippen molar-refractivity contribution in [1.29, 1.82) is 5.26 Å². The summed E-state index contributed by atoms with van der Waals surface area (Å²) in [6.45, 7) is 0. The van der Waals surface area contributed by atoms with E-state index in [9.17, 15) is 9.59 Å². The Hall–Kier alpha value is -2.65. The van der Waals surface area contributed by atoms with Crippen LogP contribution >= 0.6 is 15.9 Å². The number of hydrogen-bond donors (Lipinski definition) is 1. The molecule has 0 saturated heterocycles. The molecule has 0 radical (unpaired) electrons. The van der Waals surface area contributed by atoms with Gasteiger partial charge in [0.2, 0.25) is 0 Å². The number of nitrogens with zero attached hydrogens (tertiary/aromatic N) is 1. The second kappa shape index (κ2) is 8.27.